The van der Waals surface area contributed by atoms with Gasteiger partial charge in [-0.15, -0.1) is 11.3 Å². The maximum atomic E-state index is 5.94. The van der Waals surface area contributed by atoms with Crippen molar-refractivity contribution in [2.75, 3.05) is 0 Å². The molecule has 0 radical (unpaired) electrons. The maximum Gasteiger partial charge on any atom is 0.120 e. The van der Waals surface area contributed by atoms with Crippen LogP contribution in [0.5, 0.6) is 0 Å². The topological polar surface area (TPSA) is 48.1 Å². The number of rotatable bonds is 3. The fourth-order valence-electron chi connectivity index (χ4n) is 2.43. The molecule has 0 spiro atoms. The Morgan fingerprint density at radius 1 is 1.22 bits per heavy atom. The van der Waals surface area contributed by atoms with Crippen LogP contribution in [0.2, 0.25) is 0 Å². The second-order valence-electron chi connectivity index (χ2n) is 4.92. The Morgan fingerprint density at radius 2 is 2.00 bits per heavy atom. The number of fused-ring (bicyclic) bond motifs is 1. The second kappa shape index (κ2) is 5.34. The molecule has 0 bridgehead atoms. The molecule has 1 fully saturated rings. The molecular weight excluding hydrogens is 244 g/mol. The van der Waals surface area contributed by atoms with E-state index in [9.17, 15) is 0 Å². The number of benzene rings is 1. The molecule has 2 aromatic rings. The Morgan fingerprint density at radius 3 is 2.78 bits per heavy atom. The van der Waals surface area contributed by atoms with Gasteiger partial charge in [0.05, 0.1) is 22.9 Å². The van der Waals surface area contributed by atoms with Crippen molar-refractivity contribution in [2.45, 2.75) is 44.4 Å². The lowest BCUT2D eigenvalue weighted by Crippen LogP contribution is -2.30. The minimum Gasteiger partial charge on any atom is -0.371 e. The smallest absolute Gasteiger partial charge is 0.120 e. The zero-order chi connectivity index (χ0) is 12.4. The van der Waals surface area contributed by atoms with Gasteiger partial charge in [0, 0.05) is 6.04 Å². The summed E-state index contributed by atoms with van der Waals surface area (Å²) in [5, 5.41) is 1.08. The van der Waals surface area contributed by atoms with E-state index in [1.807, 2.05) is 12.1 Å². The number of nitrogens with two attached hydrogens (primary N) is 1. The Hall–Kier alpha value is -0.970. The first-order valence-corrected chi connectivity index (χ1v) is 7.34. The van der Waals surface area contributed by atoms with Gasteiger partial charge in [0.25, 0.3) is 0 Å². The molecule has 96 valence electrons. The van der Waals surface area contributed by atoms with Crippen molar-refractivity contribution < 1.29 is 4.74 Å². The highest BCUT2D eigenvalue weighted by Crippen LogP contribution is 2.25. The monoisotopic (exact) mass is 262 g/mol. The summed E-state index contributed by atoms with van der Waals surface area (Å²) in [6.45, 7) is 0.638. The average molecular weight is 262 g/mol. The minimum atomic E-state index is 0.372. The highest BCUT2D eigenvalue weighted by atomic mass is 32.1. The summed E-state index contributed by atoms with van der Waals surface area (Å²) in [6.07, 6.45) is 4.73. The van der Waals surface area contributed by atoms with E-state index in [2.05, 4.69) is 17.1 Å². The van der Waals surface area contributed by atoms with E-state index in [1.54, 1.807) is 11.3 Å². The minimum absolute atomic E-state index is 0.372. The van der Waals surface area contributed by atoms with Gasteiger partial charge in [0.15, 0.2) is 0 Å². The lowest BCUT2D eigenvalue weighted by atomic mass is 9.94. The van der Waals surface area contributed by atoms with Gasteiger partial charge in [-0.2, -0.15) is 0 Å². The molecule has 0 atom stereocenters. The first-order valence-electron chi connectivity index (χ1n) is 6.53. The molecule has 0 saturated heterocycles. The molecule has 1 aromatic heterocycles. The van der Waals surface area contributed by atoms with Crippen LogP contribution in [0.25, 0.3) is 10.2 Å². The van der Waals surface area contributed by atoms with Crippen LogP contribution in [0, 0.1) is 0 Å². The fourth-order valence-corrected chi connectivity index (χ4v) is 3.32. The van der Waals surface area contributed by atoms with E-state index in [4.69, 9.17) is 10.5 Å². The van der Waals surface area contributed by atoms with Crippen LogP contribution in [-0.2, 0) is 11.3 Å². The highest BCUT2D eigenvalue weighted by Gasteiger charge is 2.19. The van der Waals surface area contributed by atoms with Crippen LogP contribution in [0.4, 0.5) is 0 Å². The van der Waals surface area contributed by atoms with Gasteiger partial charge >= 0.3 is 0 Å². The molecule has 2 N–H and O–H groups in total. The normalized spacial score (nSPS) is 24.5. The maximum absolute atomic E-state index is 5.94. The zero-order valence-electron chi connectivity index (χ0n) is 10.3. The lowest BCUT2D eigenvalue weighted by Gasteiger charge is -2.25. The number of hydrogen-bond donors (Lipinski definition) is 1. The number of hydrogen-bond acceptors (Lipinski definition) is 4. The molecular formula is C14H18N2OS. The predicted molar refractivity (Wildman–Crippen MR) is 74.6 cm³/mol. The van der Waals surface area contributed by atoms with E-state index in [0.717, 1.165) is 36.2 Å². The number of thiazole rings is 1. The Bertz CT molecular complexity index is 484. The Labute approximate surface area is 111 Å². The molecule has 1 aliphatic rings. The average Bonchev–Trinajstić information content (AvgIpc) is 2.81. The van der Waals surface area contributed by atoms with E-state index >= 15 is 0 Å². The third-order valence-electron chi connectivity index (χ3n) is 3.50. The lowest BCUT2D eigenvalue weighted by molar-refractivity contribution is 0.0138. The van der Waals surface area contributed by atoms with Crippen LogP contribution in [0.15, 0.2) is 24.3 Å². The Balaban J connectivity index is 1.59. The summed E-state index contributed by atoms with van der Waals surface area (Å²) in [4.78, 5) is 4.58. The highest BCUT2D eigenvalue weighted by molar-refractivity contribution is 7.18. The zero-order valence-corrected chi connectivity index (χ0v) is 11.2. The SMILES string of the molecule is NC1CCC(OCc2nc3ccccc3s2)CC1. The molecule has 1 heterocycles. The van der Waals surface area contributed by atoms with Crippen LogP contribution >= 0.6 is 11.3 Å². The molecule has 4 heteroatoms. The quantitative estimate of drug-likeness (QED) is 0.924. The van der Waals surface area contributed by atoms with Gasteiger partial charge < -0.3 is 10.5 Å². The van der Waals surface area contributed by atoms with Gasteiger partial charge in [-0.25, -0.2) is 4.98 Å². The molecule has 1 aliphatic carbocycles. The van der Waals surface area contributed by atoms with Crippen LogP contribution in [0.1, 0.15) is 30.7 Å². The second-order valence-corrected chi connectivity index (χ2v) is 6.04. The molecule has 1 aromatic carbocycles. The number of ether oxygens (including phenoxy) is 1. The van der Waals surface area contributed by atoms with Crippen molar-refractivity contribution in [3.05, 3.63) is 29.3 Å². The van der Waals surface area contributed by atoms with Crippen LogP contribution in [0.3, 0.4) is 0 Å². The van der Waals surface area contributed by atoms with Crippen molar-refractivity contribution in [3.8, 4) is 0 Å². The van der Waals surface area contributed by atoms with E-state index in [-0.39, 0.29) is 0 Å². The van der Waals surface area contributed by atoms with Gasteiger partial charge in [0.2, 0.25) is 0 Å². The van der Waals surface area contributed by atoms with E-state index < -0.39 is 0 Å². The van der Waals surface area contributed by atoms with Crippen LogP contribution in [-0.4, -0.2) is 17.1 Å². The summed E-state index contributed by atoms with van der Waals surface area (Å²) in [5.41, 5.74) is 6.97. The molecule has 18 heavy (non-hydrogen) atoms. The Kier molecular flexibility index (Phi) is 3.59. The molecule has 3 nitrogen and oxygen atoms in total. The molecule has 1 saturated carbocycles. The first kappa shape index (κ1) is 12.1. The van der Waals surface area contributed by atoms with Gasteiger partial charge in [-0.1, -0.05) is 12.1 Å². The summed E-state index contributed by atoms with van der Waals surface area (Å²) in [6, 6.07) is 8.61. The van der Waals surface area contributed by atoms with E-state index in [1.165, 1.54) is 4.70 Å². The van der Waals surface area contributed by atoms with Crippen LogP contribution < -0.4 is 5.73 Å². The number of aromatic nitrogens is 1. The number of para-hydroxylation sites is 1. The molecule has 0 unspecified atom stereocenters. The van der Waals surface area contributed by atoms with Gasteiger partial charge in [-0.05, 0) is 37.8 Å². The fraction of sp³-hybridized carbons (Fsp3) is 0.500. The standard InChI is InChI=1S/C14H18N2OS/c15-10-5-7-11(8-6-10)17-9-14-16-12-3-1-2-4-13(12)18-14/h1-4,10-11H,5-9,15H2. The third-order valence-corrected chi connectivity index (χ3v) is 4.51. The van der Waals surface area contributed by atoms with Crippen molar-refractivity contribution in [3.63, 3.8) is 0 Å². The van der Waals surface area contributed by atoms with Gasteiger partial charge in [0.1, 0.15) is 5.01 Å². The largest absolute Gasteiger partial charge is 0.371 e. The van der Waals surface area contributed by atoms with Crippen molar-refractivity contribution in [1.29, 1.82) is 0 Å². The summed E-state index contributed by atoms with van der Waals surface area (Å²) in [7, 11) is 0. The van der Waals surface area contributed by atoms with Gasteiger partial charge in [-0.3, -0.25) is 0 Å². The summed E-state index contributed by atoms with van der Waals surface area (Å²) >= 11 is 1.73. The van der Waals surface area contributed by atoms with Crippen molar-refractivity contribution in [1.82, 2.24) is 4.98 Å². The van der Waals surface area contributed by atoms with E-state index in [0.29, 0.717) is 18.8 Å². The number of nitrogens with zero attached hydrogens (tertiary/aromatic N) is 1. The molecule has 3 rings (SSSR count). The molecule has 0 aliphatic heterocycles. The van der Waals surface area contributed by atoms with Crippen molar-refractivity contribution >= 4 is 21.6 Å². The van der Waals surface area contributed by atoms with Crippen molar-refractivity contribution in [2.24, 2.45) is 5.73 Å². The third kappa shape index (κ3) is 2.71. The predicted octanol–water partition coefficient (Wildman–Crippen LogP) is 3.08. The summed E-state index contributed by atoms with van der Waals surface area (Å²) in [5.74, 6) is 0. The first-order chi connectivity index (χ1) is 8.81. The summed E-state index contributed by atoms with van der Waals surface area (Å²) < 4.78 is 7.18. The molecule has 0 amide bonds.